The van der Waals surface area contributed by atoms with E-state index >= 15 is 0 Å². The first-order chi connectivity index (χ1) is 8.74. The molecular formula is C12H9NO2S3. The van der Waals surface area contributed by atoms with E-state index in [1.165, 1.54) is 27.1 Å². The van der Waals surface area contributed by atoms with Crippen molar-refractivity contribution in [1.82, 2.24) is 4.98 Å². The van der Waals surface area contributed by atoms with Crippen molar-refractivity contribution < 1.29 is 9.90 Å². The molecule has 0 aliphatic carbocycles. The first-order valence-corrected chi connectivity index (χ1v) is 8.09. The highest BCUT2D eigenvalue weighted by Gasteiger charge is 2.21. The van der Waals surface area contributed by atoms with Crippen molar-refractivity contribution >= 4 is 40.8 Å². The predicted octanol–water partition coefficient (Wildman–Crippen LogP) is 3.59. The van der Waals surface area contributed by atoms with Gasteiger partial charge in [-0.25, -0.2) is 4.98 Å². The van der Waals surface area contributed by atoms with Gasteiger partial charge in [0, 0.05) is 21.1 Å². The molecule has 0 bridgehead atoms. The maximum absolute atomic E-state index is 10.6. The number of fused-ring (bicyclic) bond motifs is 3. The molecule has 18 heavy (non-hydrogen) atoms. The Labute approximate surface area is 117 Å². The number of nitrogens with zero attached hydrogens (tertiary/aromatic N) is 1. The smallest absolute Gasteiger partial charge is 0.313 e. The van der Waals surface area contributed by atoms with Gasteiger partial charge in [-0.2, -0.15) is 0 Å². The van der Waals surface area contributed by atoms with Gasteiger partial charge in [-0.1, -0.05) is 30.0 Å². The van der Waals surface area contributed by atoms with Crippen molar-refractivity contribution in [3.63, 3.8) is 0 Å². The van der Waals surface area contributed by atoms with Gasteiger partial charge in [0.25, 0.3) is 0 Å². The Morgan fingerprint density at radius 3 is 3.11 bits per heavy atom. The molecule has 0 radical (unpaired) electrons. The van der Waals surface area contributed by atoms with Gasteiger partial charge in [0.1, 0.15) is 0 Å². The second-order valence-electron chi connectivity index (χ2n) is 3.72. The molecule has 0 amide bonds. The zero-order valence-electron chi connectivity index (χ0n) is 9.25. The number of aromatic nitrogens is 1. The summed E-state index contributed by atoms with van der Waals surface area (Å²) in [7, 11) is 0. The van der Waals surface area contributed by atoms with Crippen LogP contribution >= 0.6 is 34.9 Å². The molecule has 2 aromatic rings. The summed E-state index contributed by atoms with van der Waals surface area (Å²) in [5, 5.41) is 8.69. The summed E-state index contributed by atoms with van der Waals surface area (Å²) in [5.41, 5.74) is 2.20. The van der Waals surface area contributed by atoms with Gasteiger partial charge in [0.2, 0.25) is 0 Å². The summed E-state index contributed by atoms with van der Waals surface area (Å²) in [6.45, 7) is 0. The molecule has 0 saturated carbocycles. The fourth-order valence-corrected chi connectivity index (χ4v) is 4.80. The Kier molecular flexibility index (Phi) is 3.32. The molecule has 92 valence electrons. The number of thiazole rings is 1. The molecule has 0 spiro atoms. The standard InChI is InChI=1S/C12H9NO2S3/c14-10(15)6-17-12-13-11-7-3-1-2-4-8(7)16-5-9(11)18-12/h1-4H,5-6H2,(H,14,15). The van der Waals surface area contributed by atoms with Gasteiger partial charge < -0.3 is 5.11 Å². The number of thioether (sulfide) groups is 2. The summed E-state index contributed by atoms with van der Waals surface area (Å²) in [4.78, 5) is 17.6. The molecule has 0 atom stereocenters. The van der Waals surface area contributed by atoms with Crippen LogP contribution < -0.4 is 0 Å². The molecule has 3 rings (SSSR count). The summed E-state index contributed by atoms with van der Waals surface area (Å²) in [5.74, 6) is 0.196. The molecule has 1 aromatic heterocycles. The topological polar surface area (TPSA) is 50.2 Å². The maximum atomic E-state index is 10.6. The Morgan fingerprint density at radius 1 is 1.44 bits per heavy atom. The van der Waals surface area contributed by atoms with E-state index in [1.54, 1.807) is 11.3 Å². The molecule has 2 heterocycles. The molecule has 3 nitrogen and oxygen atoms in total. The van der Waals surface area contributed by atoms with Crippen LogP contribution in [0.5, 0.6) is 0 Å². The molecule has 1 aliphatic rings. The van der Waals surface area contributed by atoms with Crippen LogP contribution in [-0.2, 0) is 10.5 Å². The first kappa shape index (κ1) is 12.1. The van der Waals surface area contributed by atoms with Crippen molar-refractivity contribution in [2.75, 3.05) is 5.75 Å². The van der Waals surface area contributed by atoms with E-state index in [9.17, 15) is 4.79 Å². The zero-order chi connectivity index (χ0) is 12.5. The van der Waals surface area contributed by atoms with Gasteiger partial charge in [-0.15, -0.1) is 23.1 Å². The number of hydrogen-bond donors (Lipinski definition) is 1. The number of carbonyl (C=O) groups is 1. The van der Waals surface area contributed by atoms with Crippen LogP contribution in [0.2, 0.25) is 0 Å². The quantitative estimate of drug-likeness (QED) is 0.877. The van der Waals surface area contributed by atoms with Crippen LogP contribution in [0.25, 0.3) is 11.3 Å². The lowest BCUT2D eigenvalue weighted by Gasteiger charge is -2.13. The largest absolute Gasteiger partial charge is 0.481 e. The fraction of sp³-hybridized carbons (Fsp3) is 0.167. The highest BCUT2D eigenvalue weighted by Crippen LogP contribution is 2.44. The summed E-state index contributed by atoms with van der Waals surface area (Å²) in [6, 6.07) is 8.22. The van der Waals surface area contributed by atoms with E-state index < -0.39 is 5.97 Å². The lowest BCUT2D eigenvalue weighted by Crippen LogP contribution is -1.97. The molecule has 0 saturated heterocycles. The SMILES string of the molecule is O=C(O)CSc1nc2c(s1)CSc1ccccc1-2. The molecule has 1 aliphatic heterocycles. The van der Waals surface area contributed by atoms with Crippen molar-refractivity contribution in [2.45, 2.75) is 15.0 Å². The Hall–Kier alpha value is -0.980. The van der Waals surface area contributed by atoms with Crippen molar-refractivity contribution in [2.24, 2.45) is 0 Å². The molecule has 6 heteroatoms. The third kappa shape index (κ3) is 2.28. The van der Waals surface area contributed by atoms with Crippen LogP contribution in [0.3, 0.4) is 0 Å². The monoisotopic (exact) mass is 295 g/mol. The minimum absolute atomic E-state index is 0.0706. The molecule has 0 unspecified atom stereocenters. The zero-order valence-corrected chi connectivity index (χ0v) is 11.7. The number of benzene rings is 1. The molecular weight excluding hydrogens is 286 g/mol. The lowest BCUT2D eigenvalue weighted by atomic mass is 10.1. The second-order valence-corrected chi connectivity index (χ2v) is 7.04. The van der Waals surface area contributed by atoms with E-state index in [4.69, 9.17) is 5.11 Å². The van der Waals surface area contributed by atoms with E-state index in [0.717, 1.165) is 15.8 Å². The predicted molar refractivity (Wildman–Crippen MR) is 75.5 cm³/mol. The first-order valence-electron chi connectivity index (χ1n) is 5.30. The van der Waals surface area contributed by atoms with Crippen LogP contribution in [0.15, 0.2) is 33.5 Å². The number of hydrogen-bond acceptors (Lipinski definition) is 5. The van der Waals surface area contributed by atoms with E-state index in [-0.39, 0.29) is 5.75 Å². The second kappa shape index (κ2) is 4.95. The lowest BCUT2D eigenvalue weighted by molar-refractivity contribution is -0.133. The van der Waals surface area contributed by atoms with Crippen molar-refractivity contribution in [3.05, 3.63) is 29.1 Å². The highest BCUT2D eigenvalue weighted by molar-refractivity contribution is 8.01. The van der Waals surface area contributed by atoms with Gasteiger partial charge in [0.05, 0.1) is 11.4 Å². The van der Waals surface area contributed by atoms with Crippen LogP contribution in [0, 0.1) is 0 Å². The van der Waals surface area contributed by atoms with Gasteiger partial charge in [-0.3, -0.25) is 4.79 Å². The minimum atomic E-state index is -0.803. The van der Waals surface area contributed by atoms with E-state index in [0.29, 0.717) is 0 Å². The summed E-state index contributed by atoms with van der Waals surface area (Å²) < 4.78 is 0.847. The number of aliphatic carboxylic acids is 1. The van der Waals surface area contributed by atoms with Gasteiger partial charge in [0.15, 0.2) is 4.34 Å². The average Bonchev–Trinajstić information content (AvgIpc) is 2.79. The molecule has 1 N–H and O–H groups in total. The molecule has 0 fully saturated rings. The third-order valence-electron chi connectivity index (χ3n) is 2.50. The van der Waals surface area contributed by atoms with Crippen molar-refractivity contribution in [1.29, 1.82) is 0 Å². The van der Waals surface area contributed by atoms with Gasteiger partial charge >= 0.3 is 5.97 Å². The van der Waals surface area contributed by atoms with Gasteiger partial charge in [-0.05, 0) is 6.07 Å². The average molecular weight is 295 g/mol. The van der Waals surface area contributed by atoms with Crippen molar-refractivity contribution in [3.8, 4) is 11.3 Å². The Bertz CT molecular complexity index is 609. The fourth-order valence-electron chi connectivity index (χ4n) is 1.76. The Balaban J connectivity index is 1.94. The number of carboxylic acid groups (broad SMARTS) is 1. The van der Waals surface area contributed by atoms with E-state index in [2.05, 4.69) is 17.1 Å². The minimum Gasteiger partial charge on any atom is -0.481 e. The van der Waals surface area contributed by atoms with Crippen LogP contribution in [0.1, 0.15) is 4.88 Å². The summed E-state index contributed by atoms with van der Waals surface area (Å²) in [6.07, 6.45) is 0. The normalized spacial score (nSPS) is 12.9. The molecule has 1 aromatic carbocycles. The summed E-state index contributed by atoms with van der Waals surface area (Å²) >= 11 is 4.72. The van der Waals surface area contributed by atoms with Crippen LogP contribution in [0.4, 0.5) is 0 Å². The number of carboxylic acids is 1. The highest BCUT2D eigenvalue weighted by atomic mass is 32.2. The Morgan fingerprint density at radius 2 is 2.28 bits per heavy atom. The third-order valence-corrected chi connectivity index (χ3v) is 5.96. The van der Waals surface area contributed by atoms with Crippen LogP contribution in [-0.4, -0.2) is 21.8 Å². The number of rotatable bonds is 3. The van der Waals surface area contributed by atoms with E-state index in [1.807, 2.05) is 23.9 Å². The maximum Gasteiger partial charge on any atom is 0.313 e.